The van der Waals surface area contributed by atoms with Gasteiger partial charge in [-0.3, -0.25) is 4.57 Å². The molecule has 0 unspecified atom stereocenters. The van der Waals surface area contributed by atoms with Gasteiger partial charge in [0.15, 0.2) is 0 Å². The van der Waals surface area contributed by atoms with E-state index >= 15 is 0 Å². The number of ether oxygens (including phenoxy) is 1. The fraction of sp³-hybridized carbons (Fsp3) is 0.400. The van der Waals surface area contributed by atoms with E-state index in [1.165, 1.54) is 0 Å². The Morgan fingerprint density at radius 1 is 1.04 bits per heavy atom. The van der Waals surface area contributed by atoms with E-state index in [1.807, 2.05) is 12.1 Å². The molecule has 0 saturated heterocycles. The number of hydrogen-bond donors (Lipinski definition) is 3. The predicted molar refractivity (Wildman–Crippen MR) is 106 cm³/mol. The molecule has 0 aromatic heterocycles. The quantitative estimate of drug-likeness (QED) is 0.404. The van der Waals surface area contributed by atoms with Gasteiger partial charge in [-0.05, 0) is 48.2 Å². The summed E-state index contributed by atoms with van der Waals surface area (Å²) in [5, 5.41) is 3.21. The zero-order valence-electron chi connectivity index (χ0n) is 15.2. The third-order valence-corrected chi connectivity index (χ3v) is 4.92. The van der Waals surface area contributed by atoms with Crippen LogP contribution in [-0.2, 0) is 11.1 Å². The number of unbranched alkanes of at least 4 members (excludes halogenated alkanes) is 1. The Labute approximate surface area is 155 Å². The van der Waals surface area contributed by atoms with E-state index in [0.29, 0.717) is 19.5 Å². The lowest BCUT2D eigenvalue weighted by atomic mass is 10.0. The van der Waals surface area contributed by atoms with E-state index in [9.17, 15) is 4.57 Å². The van der Waals surface area contributed by atoms with E-state index in [2.05, 4.69) is 48.6 Å². The molecular weight excluding hydrogens is 349 g/mol. The summed E-state index contributed by atoms with van der Waals surface area (Å²) in [5.41, 5.74) is 3.40. The van der Waals surface area contributed by atoms with Gasteiger partial charge in [0.1, 0.15) is 5.75 Å². The SMILES string of the molecule is CCCCOc1cccc(-c2ccc(CNCCCP(=O)(O)O)cc2)c1. The fourth-order valence-electron chi connectivity index (χ4n) is 2.56. The molecule has 26 heavy (non-hydrogen) atoms. The van der Waals surface area contributed by atoms with Crippen molar-refractivity contribution in [2.45, 2.75) is 32.7 Å². The summed E-state index contributed by atoms with van der Waals surface area (Å²) >= 11 is 0. The Morgan fingerprint density at radius 3 is 2.50 bits per heavy atom. The minimum Gasteiger partial charge on any atom is -0.494 e. The molecule has 5 nitrogen and oxygen atoms in total. The molecule has 6 heteroatoms. The molecule has 0 aliphatic carbocycles. The first-order valence-electron chi connectivity index (χ1n) is 9.05. The minimum atomic E-state index is -3.88. The summed E-state index contributed by atoms with van der Waals surface area (Å²) in [6.45, 7) is 4.16. The number of rotatable bonds is 11. The average Bonchev–Trinajstić information content (AvgIpc) is 2.61. The summed E-state index contributed by atoms with van der Waals surface area (Å²) in [5.74, 6) is 0.895. The lowest BCUT2D eigenvalue weighted by Gasteiger charge is -2.09. The van der Waals surface area contributed by atoms with Crippen LogP contribution in [0.3, 0.4) is 0 Å². The first kappa shape index (κ1) is 20.7. The minimum absolute atomic E-state index is 0.0738. The zero-order chi connectivity index (χ0) is 18.8. The van der Waals surface area contributed by atoms with Crippen molar-refractivity contribution >= 4 is 7.60 Å². The molecular formula is C20H28NO4P. The van der Waals surface area contributed by atoms with Gasteiger partial charge in [-0.25, -0.2) is 0 Å². The molecule has 0 atom stereocenters. The standard InChI is InChI=1S/C20H28NO4P/c1-2-3-13-25-20-7-4-6-19(15-20)18-10-8-17(9-11-18)16-21-12-5-14-26(22,23)24/h4,6-11,15,21H,2-3,5,12-14,16H2,1H3,(H2,22,23,24). The van der Waals surface area contributed by atoms with Crippen molar-refractivity contribution in [2.24, 2.45) is 0 Å². The molecule has 0 fully saturated rings. The van der Waals surface area contributed by atoms with Gasteiger partial charge >= 0.3 is 7.60 Å². The van der Waals surface area contributed by atoms with Crippen molar-refractivity contribution in [1.82, 2.24) is 5.32 Å². The zero-order valence-corrected chi connectivity index (χ0v) is 16.1. The number of benzene rings is 2. The van der Waals surface area contributed by atoms with E-state index in [0.717, 1.165) is 41.9 Å². The van der Waals surface area contributed by atoms with Gasteiger partial charge in [0.25, 0.3) is 0 Å². The van der Waals surface area contributed by atoms with Crippen LogP contribution in [0.5, 0.6) is 5.75 Å². The maximum Gasteiger partial charge on any atom is 0.325 e. The first-order chi connectivity index (χ1) is 12.5. The van der Waals surface area contributed by atoms with E-state index in [-0.39, 0.29) is 6.16 Å². The molecule has 2 aromatic rings. The lowest BCUT2D eigenvalue weighted by Crippen LogP contribution is -2.15. The highest BCUT2D eigenvalue weighted by atomic mass is 31.2. The van der Waals surface area contributed by atoms with Crippen LogP contribution in [0.4, 0.5) is 0 Å². The molecule has 2 aromatic carbocycles. The molecule has 0 aliphatic rings. The Hall–Kier alpha value is -1.65. The van der Waals surface area contributed by atoms with Crippen molar-refractivity contribution in [3.8, 4) is 16.9 Å². The average molecular weight is 377 g/mol. The molecule has 142 valence electrons. The summed E-state index contributed by atoms with van der Waals surface area (Å²) in [4.78, 5) is 17.7. The second kappa shape index (κ2) is 10.5. The van der Waals surface area contributed by atoms with Crippen LogP contribution in [0.25, 0.3) is 11.1 Å². The second-order valence-electron chi connectivity index (χ2n) is 6.35. The summed E-state index contributed by atoms with van der Waals surface area (Å²) in [6.07, 6.45) is 2.57. The molecule has 2 rings (SSSR count). The van der Waals surface area contributed by atoms with Gasteiger partial charge in [-0.15, -0.1) is 0 Å². The summed E-state index contributed by atoms with van der Waals surface area (Å²) in [6, 6.07) is 16.4. The fourth-order valence-corrected chi connectivity index (χ4v) is 3.13. The molecule has 0 saturated carbocycles. The van der Waals surface area contributed by atoms with Crippen molar-refractivity contribution < 1.29 is 19.1 Å². The molecule has 0 bridgehead atoms. The van der Waals surface area contributed by atoms with Gasteiger partial charge in [0, 0.05) is 6.54 Å². The van der Waals surface area contributed by atoms with Crippen molar-refractivity contribution in [1.29, 1.82) is 0 Å². The van der Waals surface area contributed by atoms with Gasteiger partial charge in [0.2, 0.25) is 0 Å². The Morgan fingerprint density at radius 2 is 1.81 bits per heavy atom. The smallest absolute Gasteiger partial charge is 0.325 e. The summed E-state index contributed by atoms with van der Waals surface area (Å²) in [7, 11) is -3.88. The molecule has 0 aliphatic heterocycles. The van der Waals surface area contributed by atoms with Gasteiger partial charge in [-0.1, -0.05) is 49.7 Å². The van der Waals surface area contributed by atoms with Gasteiger partial charge in [-0.2, -0.15) is 0 Å². The molecule has 0 spiro atoms. The van der Waals surface area contributed by atoms with Crippen LogP contribution in [0.15, 0.2) is 48.5 Å². The van der Waals surface area contributed by atoms with Crippen LogP contribution >= 0.6 is 7.60 Å². The maximum atomic E-state index is 10.8. The van der Waals surface area contributed by atoms with Gasteiger partial charge < -0.3 is 19.8 Å². The predicted octanol–water partition coefficient (Wildman–Crippen LogP) is 4.19. The van der Waals surface area contributed by atoms with E-state index < -0.39 is 7.60 Å². The molecule has 0 radical (unpaired) electrons. The van der Waals surface area contributed by atoms with Gasteiger partial charge in [0.05, 0.1) is 12.8 Å². The molecule has 0 heterocycles. The summed E-state index contributed by atoms with van der Waals surface area (Å²) < 4.78 is 16.6. The van der Waals surface area contributed by atoms with E-state index in [4.69, 9.17) is 14.5 Å². The monoisotopic (exact) mass is 377 g/mol. The number of nitrogens with one attached hydrogen (secondary N) is 1. The Balaban J connectivity index is 1.85. The molecule has 3 N–H and O–H groups in total. The number of hydrogen-bond acceptors (Lipinski definition) is 3. The topological polar surface area (TPSA) is 78.8 Å². The Kier molecular flexibility index (Phi) is 8.33. The van der Waals surface area contributed by atoms with Crippen molar-refractivity contribution in [3.63, 3.8) is 0 Å². The van der Waals surface area contributed by atoms with E-state index in [1.54, 1.807) is 0 Å². The first-order valence-corrected chi connectivity index (χ1v) is 10.8. The maximum absolute atomic E-state index is 10.8. The normalized spacial score (nSPS) is 11.5. The van der Waals surface area contributed by atoms with Crippen molar-refractivity contribution in [3.05, 3.63) is 54.1 Å². The highest BCUT2D eigenvalue weighted by Crippen LogP contribution is 2.34. The largest absolute Gasteiger partial charge is 0.494 e. The second-order valence-corrected chi connectivity index (χ2v) is 8.12. The highest BCUT2D eigenvalue weighted by molar-refractivity contribution is 7.51. The van der Waals surface area contributed by atoms with Crippen LogP contribution in [-0.4, -0.2) is 29.1 Å². The van der Waals surface area contributed by atoms with Crippen LogP contribution in [0.2, 0.25) is 0 Å². The van der Waals surface area contributed by atoms with Crippen LogP contribution in [0, 0.1) is 0 Å². The lowest BCUT2D eigenvalue weighted by molar-refractivity contribution is 0.309. The van der Waals surface area contributed by atoms with Crippen LogP contribution < -0.4 is 10.1 Å². The third kappa shape index (κ3) is 7.71. The van der Waals surface area contributed by atoms with Crippen molar-refractivity contribution in [2.75, 3.05) is 19.3 Å². The highest BCUT2D eigenvalue weighted by Gasteiger charge is 2.10. The Bertz CT molecular complexity index is 712. The third-order valence-electron chi connectivity index (χ3n) is 4.02. The van der Waals surface area contributed by atoms with Crippen LogP contribution in [0.1, 0.15) is 31.7 Å². The molecule has 0 amide bonds.